The average Bonchev–Trinajstić information content (AvgIpc) is 2.46. The molecule has 0 atom stereocenters. The van der Waals surface area contributed by atoms with Crippen molar-refractivity contribution >= 4 is 5.71 Å². The van der Waals surface area contributed by atoms with Crippen molar-refractivity contribution in [3.8, 4) is 0 Å². The Morgan fingerprint density at radius 1 is 1.45 bits per heavy atom. The largest absolute Gasteiger partial charge is 0.292 e. The SMILES string of the molecule is C=CN=C(/C=C\CC)CN(CC)Cc1ncccc1C. The van der Waals surface area contributed by atoms with Crippen LogP contribution in [0.25, 0.3) is 0 Å². The summed E-state index contributed by atoms with van der Waals surface area (Å²) in [5.41, 5.74) is 3.40. The quantitative estimate of drug-likeness (QED) is 0.673. The van der Waals surface area contributed by atoms with Crippen molar-refractivity contribution in [3.05, 3.63) is 54.5 Å². The first-order chi connectivity index (χ1) is 9.71. The van der Waals surface area contributed by atoms with Crippen LogP contribution in [0.5, 0.6) is 0 Å². The highest BCUT2D eigenvalue weighted by Crippen LogP contribution is 2.07. The van der Waals surface area contributed by atoms with E-state index in [1.54, 1.807) is 6.20 Å². The molecule has 0 saturated heterocycles. The first-order valence-electron chi connectivity index (χ1n) is 7.18. The minimum atomic E-state index is 0.815. The fourth-order valence-electron chi connectivity index (χ4n) is 1.91. The average molecular weight is 271 g/mol. The van der Waals surface area contributed by atoms with Crippen LogP contribution in [0.15, 0.2) is 48.3 Å². The summed E-state index contributed by atoms with van der Waals surface area (Å²) in [4.78, 5) is 11.1. The second-order valence-corrected chi connectivity index (χ2v) is 4.68. The molecule has 0 unspecified atom stereocenters. The van der Waals surface area contributed by atoms with Crippen molar-refractivity contribution in [2.45, 2.75) is 33.7 Å². The third-order valence-corrected chi connectivity index (χ3v) is 3.13. The minimum Gasteiger partial charge on any atom is -0.292 e. The van der Waals surface area contributed by atoms with Crippen LogP contribution in [0, 0.1) is 6.92 Å². The van der Waals surface area contributed by atoms with Gasteiger partial charge in [-0.3, -0.25) is 14.9 Å². The summed E-state index contributed by atoms with van der Waals surface area (Å²) in [6.45, 7) is 12.7. The second-order valence-electron chi connectivity index (χ2n) is 4.68. The third-order valence-electron chi connectivity index (χ3n) is 3.13. The van der Waals surface area contributed by atoms with E-state index in [4.69, 9.17) is 0 Å². The van der Waals surface area contributed by atoms with Gasteiger partial charge in [0.2, 0.25) is 0 Å². The lowest BCUT2D eigenvalue weighted by atomic mass is 10.2. The highest BCUT2D eigenvalue weighted by Gasteiger charge is 2.08. The molecule has 0 aromatic carbocycles. The van der Waals surface area contributed by atoms with Crippen LogP contribution < -0.4 is 0 Å². The maximum atomic E-state index is 4.46. The highest BCUT2D eigenvalue weighted by atomic mass is 15.1. The van der Waals surface area contributed by atoms with Crippen LogP contribution in [0.2, 0.25) is 0 Å². The van der Waals surface area contributed by atoms with Gasteiger partial charge in [0.25, 0.3) is 0 Å². The van der Waals surface area contributed by atoms with Gasteiger partial charge in [-0.25, -0.2) is 0 Å². The molecule has 0 N–H and O–H groups in total. The van der Waals surface area contributed by atoms with Gasteiger partial charge in [0.05, 0.1) is 11.4 Å². The van der Waals surface area contributed by atoms with Crippen molar-refractivity contribution in [2.24, 2.45) is 4.99 Å². The molecule has 108 valence electrons. The lowest BCUT2D eigenvalue weighted by Crippen LogP contribution is -2.29. The molecule has 0 aliphatic carbocycles. The number of nitrogens with zero attached hydrogens (tertiary/aromatic N) is 3. The Labute approximate surface area is 122 Å². The van der Waals surface area contributed by atoms with E-state index in [-0.39, 0.29) is 0 Å². The maximum absolute atomic E-state index is 4.46. The molecule has 0 amide bonds. The van der Waals surface area contributed by atoms with Gasteiger partial charge in [0, 0.05) is 25.5 Å². The maximum Gasteiger partial charge on any atom is 0.0573 e. The smallest absolute Gasteiger partial charge is 0.0573 e. The molecule has 1 rings (SSSR count). The molecule has 0 bridgehead atoms. The van der Waals surface area contributed by atoms with Crippen LogP contribution in [0.4, 0.5) is 0 Å². The number of hydrogen-bond donors (Lipinski definition) is 0. The molecule has 3 nitrogen and oxygen atoms in total. The summed E-state index contributed by atoms with van der Waals surface area (Å²) >= 11 is 0. The highest BCUT2D eigenvalue weighted by molar-refractivity contribution is 5.96. The van der Waals surface area contributed by atoms with Gasteiger partial charge in [-0.2, -0.15) is 0 Å². The van der Waals surface area contributed by atoms with E-state index < -0.39 is 0 Å². The number of aryl methyl sites for hydroxylation is 1. The topological polar surface area (TPSA) is 28.5 Å². The van der Waals surface area contributed by atoms with Crippen molar-refractivity contribution in [3.63, 3.8) is 0 Å². The number of rotatable bonds is 8. The zero-order valence-corrected chi connectivity index (χ0v) is 12.8. The molecule has 0 radical (unpaired) electrons. The van der Waals surface area contributed by atoms with Crippen molar-refractivity contribution in [1.29, 1.82) is 0 Å². The molecule has 0 spiro atoms. The third kappa shape index (κ3) is 5.49. The van der Waals surface area contributed by atoms with Crippen molar-refractivity contribution in [2.75, 3.05) is 13.1 Å². The van der Waals surface area contributed by atoms with Crippen LogP contribution in [-0.4, -0.2) is 28.7 Å². The van der Waals surface area contributed by atoms with Crippen molar-refractivity contribution in [1.82, 2.24) is 9.88 Å². The minimum absolute atomic E-state index is 0.815. The summed E-state index contributed by atoms with van der Waals surface area (Å²) in [5.74, 6) is 0. The Kier molecular flexibility index (Phi) is 7.51. The Morgan fingerprint density at radius 2 is 2.25 bits per heavy atom. The fraction of sp³-hybridized carbons (Fsp3) is 0.412. The van der Waals surface area contributed by atoms with E-state index in [0.29, 0.717) is 0 Å². The van der Waals surface area contributed by atoms with Gasteiger partial charge in [-0.15, -0.1) is 0 Å². The lowest BCUT2D eigenvalue weighted by molar-refractivity contribution is 0.316. The number of allylic oxidation sites excluding steroid dienone is 1. The van der Waals surface area contributed by atoms with Crippen LogP contribution in [0.1, 0.15) is 31.5 Å². The Morgan fingerprint density at radius 3 is 2.85 bits per heavy atom. The second kappa shape index (κ2) is 9.21. The number of hydrogen-bond acceptors (Lipinski definition) is 3. The van der Waals surface area contributed by atoms with E-state index in [2.05, 4.69) is 60.4 Å². The van der Waals surface area contributed by atoms with Gasteiger partial charge < -0.3 is 0 Å². The normalized spacial score (nSPS) is 12.3. The molecule has 0 aliphatic heterocycles. The molecule has 1 heterocycles. The summed E-state index contributed by atoms with van der Waals surface area (Å²) in [7, 11) is 0. The van der Waals surface area contributed by atoms with Gasteiger partial charge in [0.15, 0.2) is 0 Å². The molecule has 1 aromatic heterocycles. The zero-order valence-electron chi connectivity index (χ0n) is 12.8. The van der Waals surface area contributed by atoms with Crippen LogP contribution in [-0.2, 0) is 6.54 Å². The van der Waals surface area contributed by atoms with E-state index in [1.165, 1.54) is 5.56 Å². The summed E-state index contributed by atoms with van der Waals surface area (Å²) in [6, 6.07) is 4.08. The zero-order chi connectivity index (χ0) is 14.8. The molecule has 0 aliphatic rings. The number of aliphatic imine (C=N–C) groups is 1. The fourth-order valence-corrected chi connectivity index (χ4v) is 1.91. The van der Waals surface area contributed by atoms with Gasteiger partial charge in [-0.1, -0.05) is 32.6 Å². The number of pyridine rings is 1. The first-order valence-corrected chi connectivity index (χ1v) is 7.18. The van der Waals surface area contributed by atoms with Gasteiger partial charge in [0.1, 0.15) is 0 Å². The van der Waals surface area contributed by atoms with Gasteiger partial charge in [-0.05, 0) is 37.6 Å². The van der Waals surface area contributed by atoms with E-state index in [9.17, 15) is 0 Å². The monoisotopic (exact) mass is 271 g/mol. The Bertz CT molecular complexity index is 475. The van der Waals surface area contributed by atoms with E-state index in [1.807, 2.05) is 12.3 Å². The number of aromatic nitrogens is 1. The van der Waals surface area contributed by atoms with Crippen molar-refractivity contribution < 1.29 is 0 Å². The molecule has 3 heteroatoms. The van der Waals surface area contributed by atoms with E-state index in [0.717, 1.165) is 37.5 Å². The Hall–Kier alpha value is -1.74. The van der Waals surface area contributed by atoms with Gasteiger partial charge >= 0.3 is 0 Å². The summed E-state index contributed by atoms with van der Waals surface area (Å²) < 4.78 is 0. The predicted molar refractivity (Wildman–Crippen MR) is 87.0 cm³/mol. The first kappa shape index (κ1) is 16.3. The lowest BCUT2D eigenvalue weighted by Gasteiger charge is -2.20. The molecule has 1 aromatic rings. The van der Waals surface area contributed by atoms with Crippen LogP contribution in [0.3, 0.4) is 0 Å². The summed E-state index contributed by atoms with van der Waals surface area (Å²) in [5, 5.41) is 0. The van der Waals surface area contributed by atoms with Crippen LogP contribution >= 0.6 is 0 Å². The standard InChI is InChI=1S/C17H25N3/c1-5-8-11-16(18-6-2)13-20(7-3)14-17-15(4)10-9-12-19-17/h6,8-12H,2,5,7,13-14H2,1,3-4H3/b11-8-,18-16?. The van der Waals surface area contributed by atoms with E-state index >= 15 is 0 Å². The molecular weight excluding hydrogens is 246 g/mol. The molecule has 20 heavy (non-hydrogen) atoms. The predicted octanol–water partition coefficient (Wildman–Crippen LogP) is 3.76. The molecule has 0 fully saturated rings. The molecule has 0 saturated carbocycles. The molecular formula is C17H25N3. The summed E-state index contributed by atoms with van der Waals surface area (Å²) in [6.07, 6.45) is 8.68. The Balaban J connectivity index is 2.75.